The zero-order valence-electron chi connectivity index (χ0n) is 16.3. The molecule has 4 aromatic rings. The quantitative estimate of drug-likeness (QED) is 0.357. The first-order chi connectivity index (χ1) is 15.1. The van der Waals surface area contributed by atoms with Gasteiger partial charge in [0.05, 0.1) is 21.1 Å². The van der Waals surface area contributed by atoms with Gasteiger partial charge in [-0.15, -0.1) is 21.5 Å². The average molecular weight is 487 g/mol. The summed E-state index contributed by atoms with van der Waals surface area (Å²) in [5.74, 6) is 0.635. The summed E-state index contributed by atoms with van der Waals surface area (Å²) in [6.07, 6.45) is 0. The van der Waals surface area contributed by atoms with Crippen LogP contribution in [0, 0.1) is 6.92 Å². The van der Waals surface area contributed by atoms with Crippen molar-refractivity contribution in [3.8, 4) is 0 Å². The minimum atomic E-state index is -0.0790. The Bertz CT molecular complexity index is 1310. The third-order valence-electron chi connectivity index (χ3n) is 4.76. The summed E-state index contributed by atoms with van der Waals surface area (Å²) in [6.45, 7) is 2.56. The maximum absolute atomic E-state index is 6.22. The van der Waals surface area contributed by atoms with E-state index in [9.17, 15) is 0 Å². The van der Waals surface area contributed by atoms with E-state index in [4.69, 9.17) is 33.0 Å². The summed E-state index contributed by atoms with van der Waals surface area (Å²) in [5.41, 5.74) is 4.64. The molecule has 0 saturated carbocycles. The maximum Gasteiger partial charge on any atom is 0.156 e. The lowest BCUT2D eigenvalue weighted by atomic mass is 10.1. The summed E-state index contributed by atoms with van der Waals surface area (Å²) in [7, 11) is 0. The molecule has 1 N–H and O–H groups in total. The van der Waals surface area contributed by atoms with Crippen molar-refractivity contribution in [2.75, 3.05) is 6.61 Å². The number of hydroxylamine groups is 1. The smallest absolute Gasteiger partial charge is 0.156 e. The molecule has 9 heteroatoms. The van der Waals surface area contributed by atoms with Crippen LogP contribution in [0.2, 0.25) is 10.0 Å². The summed E-state index contributed by atoms with van der Waals surface area (Å²) in [4.78, 5) is 14.0. The number of amidine groups is 1. The van der Waals surface area contributed by atoms with Gasteiger partial charge in [0.1, 0.15) is 17.7 Å². The summed E-state index contributed by atoms with van der Waals surface area (Å²) in [6, 6.07) is 17.5. The second-order valence-corrected chi connectivity index (χ2v) is 10.1. The van der Waals surface area contributed by atoms with Gasteiger partial charge < -0.3 is 0 Å². The molecule has 1 aliphatic rings. The first kappa shape index (κ1) is 20.7. The fraction of sp³-hybridized carbons (Fsp3) is 0.136. The van der Waals surface area contributed by atoms with Gasteiger partial charge in [-0.05, 0) is 43.3 Å². The minimum Gasteiger partial charge on any atom is -0.272 e. The largest absolute Gasteiger partial charge is 0.272 e. The molecule has 1 aliphatic heterocycles. The molecule has 0 saturated heterocycles. The lowest BCUT2D eigenvalue weighted by molar-refractivity contribution is 0.0628. The second kappa shape index (κ2) is 8.76. The van der Waals surface area contributed by atoms with E-state index in [1.807, 2.05) is 36.4 Å². The number of nitrogens with one attached hydrogen (secondary N) is 1. The maximum atomic E-state index is 6.22. The normalized spacial score (nSPS) is 16.2. The van der Waals surface area contributed by atoms with Gasteiger partial charge in [0.15, 0.2) is 5.84 Å². The number of halogens is 2. The van der Waals surface area contributed by atoms with Crippen molar-refractivity contribution in [1.82, 2.24) is 15.7 Å². The SMILES string of the molecule is Cc1ccc([C@H]2CONC(c3c(Sc4ccc(Cl)c(Cl)c4)nnc4ccccc34)=N2)s1. The molecule has 0 spiro atoms. The van der Waals surface area contributed by atoms with Crippen LogP contribution < -0.4 is 5.48 Å². The van der Waals surface area contributed by atoms with Crippen molar-refractivity contribution >= 4 is 63.0 Å². The molecule has 0 bridgehead atoms. The van der Waals surface area contributed by atoms with E-state index in [1.54, 1.807) is 17.4 Å². The van der Waals surface area contributed by atoms with E-state index in [1.165, 1.54) is 21.5 Å². The number of aliphatic imine (C=N–C) groups is 1. The predicted molar refractivity (Wildman–Crippen MR) is 128 cm³/mol. The molecule has 31 heavy (non-hydrogen) atoms. The molecule has 0 unspecified atom stereocenters. The highest BCUT2D eigenvalue weighted by molar-refractivity contribution is 7.99. The van der Waals surface area contributed by atoms with Crippen molar-refractivity contribution in [2.24, 2.45) is 4.99 Å². The van der Waals surface area contributed by atoms with Crippen molar-refractivity contribution in [3.63, 3.8) is 0 Å². The number of hydrogen-bond donors (Lipinski definition) is 1. The van der Waals surface area contributed by atoms with Crippen LogP contribution in [0.3, 0.4) is 0 Å². The Labute approximate surface area is 197 Å². The highest BCUT2D eigenvalue weighted by Gasteiger charge is 2.24. The molecular weight excluding hydrogens is 471 g/mol. The lowest BCUT2D eigenvalue weighted by Gasteiger charge is -2.23. The minimum absolute atomic E-state index is 0.0790. The highest BCUT2D eigenvalue weighted by atomic mass is 35.5. The van der Waals surface area contributed by atoms with Gasteiger partial charge in [-0.25, -0.2) is 5.48 Å². The third-order valence-corrected chi connectivity index (χ3v) is 7.57. The van der Waals surface area contributed by atoms with Gasteiger partial charge in [0.2, 0.25) is 0 Å². The van der Waals surface area contributed by atoms with E-state index in [-0.39, 0.29) is 6.04 Å². The number of rotatable bonds is 4. The molecule has 5 rings (SSSR count). The molecule has 2 aromatic carbocycles. The number of aromatic nitrogens is 2. The number of aryl methyl sites for hydroxylation is 1. The average Bonchev–Trinajstić information content (AvgIpc) is 3.22. The fourth-order valence-electron chi connectivity index (χ4n) is 3.29. The van der Waals surface area contributed by atoms with Crippen LogP contribution in [-0.4, -0.2) is 22.6 Å². The summed E-state index contributed by atoms with van der Waals surface area (Å²) >= 11 is 15.5. The van der Waals surface area contributed by atoms with Crippen LogP contribution in [0.15, 0.2) is 69.5 Å². The number of fused-ring (bicyclic) bond motifs is 1. The Morgan fingerprint density at radius 1 is 1.06 bits per heavy atom. The van der Waals surface area contributed by atoms with Gasteiger partial charge in [0.25, 0.3) is 0 Å². The van der Waals surface area contributed by atoms with E-state index < -0.39 is 0 Å². The number of benzene rings is 2. The first-order valence-corrected chi connectivity index (χ1v) is 11.9. The summed E-state index contributed by atoms with van der Waals surface area (Å²) < 4.78 is 0. The van der Waals surface area contributed by atoms with E-state index in [2.05, 4.69) is 34.7 Å². The molecule has 156 valence electrons. The van der Waals surface area contributed by atoms with Crippen LogP contribution >= 0.6 is 46.3 Å². The zero-order chi connectivity index (χ0) is 21.4. The van der Waals surface area contributed by atoms with Gasteiger partial charge in [0, 0.05) is 20.0 Å². The molecule has 0 amide bonds. The topological polar surface area (TPSA) is 59.4 Å². The molecule has 2 aromatic heterocycles. The second-order valence-electron chi connectivity index (χ2n) is 6.93. The van der Waals surface area contributed by atoms with Crippen molar-refractivity contribution in [2.45, 2.75) is 22.9 Å². The Hall–Kier alpha value is -2.16. The van der Waals surface area contributed by atoms with Crippen LogP contribution in [-0.2, 0) is 4.84 Å². The Balaban J connectivity index is 1.62. The van der Waals surface area contributed by atoms with E-state index >= 15 is 0 Å². The van der Waals surface area contributed by atoms with Gasteiger partial charge in [-0.3, -0.25) is 9.83 Å². The number of thiophene rings is 1. The Morgan fingerprint density at radius 3 is 2.74 bits per heavy atom. The standard InChI is InChI=1S/C22H16Cl2N4OS2/c1-12-6-9-19(30-12)18-11-29-28-21(25-18)20-14-4-2-3-5-17(14)26-27-22(20)31-13-7-8-15(23)16(24)10-13/h2-10,18H,11H2,1H3,(H,25,28)/t18-/m1/s1. The molecular formula is C22H16Cl2N4OS2. The van der Waals surface area contributed by atoms with E-state index in [0.29, 0.717) is 27.5 Å². The Kier molecular flexibility index (Phi) is 5.86. The van der Waals surface area contributed by atoms with Crippen LogP contribution in [0.4, 0.5) is 0 Å². The number of hydrogen-bond acceptors (Lipinski definition) is 7. The predicted octanol–water partition coefficient (Wildman–Crippen LogP) is 6.48. The van der Waals surface area contributed by atoms with Crippen LogP contribution in [0.5, 0.6) is 0 Å². The zero-order valence-corrected chi connectivity index (χ0v) is 19.4. The monoisotopic (exact) mass is 486 g/mol. The van der Waals surface area contributed by atoms with Crippen LogP contribution in [0.25, 0.3) is 10.9 Å². The van der Waals surface area contributed by atoms with Gasteiger partial charge in [-0.1, -0.05) is 53.2 Å². The molecule has 3 heterocycles. The molecule has 5 nitrogen and oxygen atoms in total. The molecule has 0 aliphatic carbocycles. The highest BCUT2D eigenvalue weighted by Crippen LogP contribution is 2.36. The molecule has 0 fully saturated rings. The number of nitrogens with zero attached hydrogens (tertiary/aromatic N) is 3. The lowest BCUT2D eigenvalue weighted by Crippen LogP contribution is -2.33. The van der Waals surface area contributed by atoms with Crippen molar-refractivity contribution in [1.29, 1.82) is 0 Å². The summed E-state index contributed by atoms with van der Waals surface area (Å²) in [5, 5.41) is 11.5. The first-order valence-electron chi connectivity index (χ1n) is 9.49. The van der Waals surface area contributed by atoms with E-state index in [0.717, 1.165) is 21.4 Å². The molecule has 1 atom stereocenters. The molecule has 0 radical (unpaired) electrons. The van der Waals surface area contributed by atoms with Crippen molar-refractivity contribution < 1.29 is 4.84 Å². The van der Waals surface area contributed by atoms with Crippen molar-refractivity contribution in [3.05, 3.63) is 80.0 Å². The third kappa shape index (κ3) is 4.29. The van der Waals surface area contributed by atoms with Gasteiger partial charge in [-0.2, -0.15) is 0 Å². The van der Waals surface area contributed by atoms with Gasteiger partial charge >= 0.3 is 0 Å². The van der Waals surface area contributed by atoms with Crippen LogP contribution in [0.1, 0.15) is 21.4 Å². The Morgan fingerprint density at radius 2 is 1.94 bits per heavy atom. The fourth-order valence-corrected chi connectivity index (χ4v) is 5.48.